The molecule has 0 heterocycles. The molecule has 0 aromatic heterocycles. The van der Waals surface area contributed by atoms with Crippen molar-refractivity contribution in [3.8, 4) is 0 Å². The second-order valence-corrected chi connectivity index (χ2v) is 3.80. The van der Waals surface area contributed by atoms with Crippen LogP contribution in [0.25, 0.3) is 0 Å². The fraction of sp³-hybridized carbons (Fsp3) is 0.636. The van der Waals surface area contributed by atoms with Crippen LogP contribution < -0.4 is 0 Å². The molecule has 0 fully saturated rings. The summed E-state index contributed by atoms with van der Waals surface area (Å²) in [5.74, 6) is -0.0395. The van der Waals surface area contributed by atoms with E-state index in [9.17, 15) is 9.59 Å². The number of amides is 1. The van der Waals surface area contributed by atoms with Gasteiger partial charge in [-0.05, 0) is 18.8 Å². The van der Waals surface area contributed by atoms with Gasteiger partial charge < -0.3 is 9.64 Å². The van der Waals surface area contributed by atoms with Crippen molar-refractivity contribution in [1.82, 2.24) is 4.90 Å². The van der Waals surface area contributed by atoms with Gasteiger partial charge in [0, 0.05) is 13.5 Å². The Morgan fingerprint density at radius 3 is 2.80 bits per heavy atom. The van der Waals surface area contributed by atoms with Gasteiger partial charge in [0.25, 0.3) is 0 Å². The van der Waals surface area contributed by atoms with Gasteiger partial charge >= 0.3 is 5.97 Å². The third-order valence-electron chi connectivity index (χ3n) is 2.57. The predicted octanol–water partition coefficient (Wildman–Crippen LogP) is 0.974. The minimum atomic E-state index is -0.382. The predicted molar refractivity (Wildman–Crippen MR) is 56.1 cm³/mol. The highest BCUT2D eigenvalue weighted by molar-refractivity contribution is 5.82. The van der Waals surface area contributed by atoms with Crippen molar-refractivity contribution in [1.29, 1.82) is 0 Å². The van der Waals surface area contributed by atoms with Crippen LogP contribution in [0.4, 0.5) is 0 Å². The third kappa shape index (κ3) is 3.73. The molecule has 1 unspecified atom stereocenters. The molecule has 0 saturated heterocycles. The number of hydrogen-bond acceptors (Lipinski definition) is 3. The van der Waals surface area contributed by atoms with Crippen molar-refractivity contribution in [3.05, 3.63) is 12.2 Å². The summed E-state index contributed by atoms with van der Waals surface area (Å²) in [4.78, 5) is 24.0. The number of carbonyl (C=O) groups excluding carboxylic acids is 2. The zero-order chi connectivity index (χ0) is 11.3. The summed E-state index contributed by atoms with van der Waals surface area (Å²) in [6.07, 6.45) is 6.75. The van der Waals surface area contributed by atoms with Crippen LogP contribution >= 0.6 is 0 Å². The largest absolute Gasteiger partial charge is 0.468 e. The normalized spacial score (nSPS) is 18.9. The van der Waals surface area contributed by atoms with Gasteiger partial charge in [-0.15, -0.1) is 0 Å². The van der Waals surface area contributed by atoms with Gasteiger partial charge in [0.1, 0.15) is 6.54 Å². The Bertz CT molecular complexity index is 273. The molecule has 1 atom stereocenters. The first kappa shape index (κ1) is 11.8. The van der Waals surface area contributed by atoms with E-state index in [-0.39, 0.29) is 18.4 Å². The molecule has 84 valence electrons. The molecule has 0 aromatic rings. The van der Waals surface area contributed by atoms with E-state index in [2.05, 4.69) is 16.9 Å². The van der Waals surface area contributed by atoms with Crippen LogP contribution in [-0.4, -0.2) is 37.5 Å². The third-order valence-corrected chi connectivity index (χ3v) is 2.57. The molecule has 0 aliphatic heterocycles. The number of rotatable bonds is 4. The van der Waals surface area contributed by atoms with Crippen molar-refractivity contribution in [2.75, 3.05) is 20.7 Å². The van der Waals surface area contributed by atoms with E-state index < -0.39 is 0 Å². The monoisotopic (exact) mass is 211 g/mol. The van der Waals surface area contributed by atoms with Crippen LogP contribution in [0.15, 0.2) is 12.2 Å². The lowest BCUT2D eigenvalue weighted by molar-refractivity contribution is -0.146. The SMILES string of the molecule is COC(=O)CN(C)C(=O)CC1C=CCC1. The van der Waals surface area contributed by atoms with E-state index in [0.29, 0.717) is 12.3 Å². The van der Waals surface area contributed by atoms with Crippen molar-refractivity contribution in [2.24, 2.45) is 5.92 Å². The highest BCUT2D eigenvalue weighted by Crippen LogP contribution is 2.20. The number of likely N-dealkylation sites (N-methyl/N-ethyl adjacent to an activating group) is 1. The van der Waals surface area contributed by atoms with Crippen LogP contribution in [0.5, 0.6) is 0 Å². The number of esters is 1. The van der Waals surface area contributed by atoms with Crippen LogP contribution in [0.3, 0.4) is 0 Å². The fourth-order valence-electron chi connectivity index (χ4n) is 1.59. The summed E-state index contributed by atoms with van der Waals surface area (Å²) >= 11 is 0. The second kappa shape index (κ2) is 5.53. The Hall–Kier alpha value is -1.32. The van der Waals surface area contributed by atoms with Gasteiger partial charge in [-0.25, -0.2) is 0 Å². The van der Waals surface area contributed by atoms with Gasteiger partial charge in [0.15, 0.2) is 0 Å². The van der Waals surface area contributed by atoms with Gasteiger partial charge in [0.2, 0.25) is 5.91 Å². The number of hydrogen-bond donors (Lipinski definition) is 0. The minimum absolute atomic E-state index is 0.00282. The molecule has 1 aliphatic rings. The van der Waals surface area contributed by atoms with Gasteiger partial charge in [-0.3, -0.25) is 9.59 Å². The number of methoxy groups -OCH3 is 1. The molecule has 0 aromatic carbocycles. The van der Waals surface area contributed by atoms with Crippen molar-refractivity contribution in [2.45, 2.75) is 19.3 Å². The van der Waals surface area contributed by atoms with Crippen LogP contribution in [-0.2, 0) is 14.3 Å². The Kier molecular flexibility index (Phi) is 4.34. The van der Waals surface area contributed by atoms with Crippen LogP contribution in [0.2, 0.25) is 0 Å². The smallest absolute Gasteiger partial charge is 0.325 e. The molecule has 0 bridgehead atoms. The maximum absolute atomic E-state index is 11.6. The van der Waals surface area contributed by atoms with E-state index in [1.54, 1.807) is 7.05 Å². The van der Waals surface area contributed by atoms with Crippen LogP contribution in [0.1, 0.15) is 19.3 Å². The lowest BCUT2D eigenvalue weighted by Gasteiger charge is -2.17. The molecule has 4 nitrogen and oxygen atoms in total. The zero-order valence-electron chi connectivity index (χ0n) is 9.23. The molecule has 0 N–H and O–H groups in total. The lowest BCUT2D eigenvalue weighted by Crippen LogP contribution is -2.33. The maximum Gasteiger partial charge on any atom is 0.325 e. The Balaban J connectivity index is 2.32. The van der Waals surface area contributed by atoms with Gasteiger partial charge in [-0.2, -0.15) is 0 Å². The lowest BCUT2D eigenvalue weighted by atomic mass is 10.0. The first-order valence-electron chi connectivity index (χ1n) is 5.11. The van der Waals surface area contributed by atoms with E-state index in [1.807, 2.05) is 0 Å². The summed E-state index contributed by atoms with van der Waals surface area (Å²) in [6, 6.07) is 0. The van der Waals surface area contributed by atoms with Gasteiger partial charge in [0.05, 0.1) is 7.11 Å². The highest BCUT2D eigenvalue weighted by atomic mass is 16.5. The molecule has 4 heteroatoms. The molecule has 1 amide bonds. The fourth-order valence-corrected chi connectivity index (χ4v) is 1.59. The second-order valence-electron chi connectivity index (χ2n) is 3.80. The summed E-state index contributed by atoms with van der Waals surface area (Å²) in [6.45, 7) is 0.0335. The molecular weight excluding hydrogens is 194 g/mol. The standard InChI is InChI=1S/C11H17NO3/c1-12(8-11(14)15-2)10(13)7-9-5-3-4-6-9/h3,5,9H,4,6-8H2,1-2H3. The molecule has 1 aliphatic carbocycles. The average Bonchev–Trinajstić information content (AvgIpc) is 2.70. The number of ether oxygens (including phenoxy) is 1. The first-order valence-corrected chi connectivity index (χ1v) is 5.11. The Morgan fingerprint density at radius 2 is 2.27 bits per heavy atom. The van der Waals surface area contributed by atoms with Crippen molar-refractivity contribution < 1.29 is 14.3 Å². The summed E-state index contributed by atoms with van der Waals surface area (Å²) in [7, 11) is 2.94. The topological polar surface area (TPSA) is 46.6 Å². The zero-order valence-corrected chi connectivity index (χ0v) is 9.23. The maximum atomic E-state index is 11.6. The molecule has 0 radical (unpaired) electrons. The summed E-state index contributed by atoms with van der Waals surface area (Å²) in [5, 5.41) is 0. The quantitative estimate of drug-likeness (QED) is 0.514. The molecule has 1 rings (SSSR count). The minimum Gasteiger partial charge on any atom is -0.468 e. The summed E-state index contributed by atoms with van der Waals surface area (Å²) in [5.41, 5.74) is 0. The number of carbonyl (C=O) groups is 2. The van der Waals surface area contributed by atoms with E-state index in [1.165, 1.54) is 12.0 Å². The average molecular weight is 211 g/mol. The van der Waals surface area contributed by atoms with E-state index in [4.69, 9.17) is 0 Å². The van der Waals surface area contributed by atoms with Gasteiger partial charge in [-0.1, -0.05) is 12.2 Å². The number of nitrogens with zero attached hydrogens (tertiary/aromatic N) is 1. The van der Waals surface area contributed by atoms with Crippen molar-refractivity contribution in [3.63, 3.8) is 0 Å². The molecule has 0 spiro atoms. The highest BCUT2D eigenvalue weighted by Gasteiger charge is 2.18. The Labute approximate surface area is 89.9 Å². The Morgan fingerprint density at radius 1 is 1.53 bits per heavy atom. The van der Waals surface area contributed by atoms with Crippen LogP contribution in [0, 0.1) is 5.92 Å². The van der Waals surface area contributed by atoms with E-state index >= 15 is 0 Å². The molecule has 15 heavy (non-hydrogen) atoms. The first-order chi connectivity index (χ1) is 7.13. The molecular formula is C11H17NO3. The number of allylic oxidation sites excluding steroid dienone is 2. The molecule has 0 saturated carbocycles. The van der Waals surface area contributed by atoms with Crippen molar-refractivity contribution >= 4 is 11.9 Å². The van der Waals surface area contributed by atoms with E-state index in [0.717, 1.165) is 12.8 Å². The summed E-state index contributed by atoms with van der Waals surface area (Å²) < 4.78 is 4.49.